The van der Waals surface area contributed by atoms with Crippen molar-refractivity contribution in [3.8, 4) is 0 Å². The number of nitrogens with two attached hydrogens (primary N) is 1. The van der Waals surface area contributed by atoms with Gasteiger partial charge in [-0.3, -0.25) is 0 Å². The predicted molar refractivity (Wildman–Crippen MR) is 48.9 cm³/mol. The Morgan fingerprint density at radius 2 is 2.00 bits per heavy atom. The van der Waals surface area contributed by atoms with Crippen molar-refractivity contribution in [1.29, 1.82) is 0 Å². The van der Waals surface area contributed by atoms with Crippen molar-refractivity contribution in [2.45, 2.75) is 38.2 Å². The van der Waals surface area contributed by atoms with Crippen LogP contribution in [-0.4, -0.2) is 19.3 Å². The Hall–Kier alpha value is -0.0800. The summed E-state index contributed by atoms with van der Waals surface area (Å²) in [4.78, 5) is 0. The molecule has 0 bridgehead atoms. The number of rotatable bonds is 4. The van der Waals surface area contributed by atoms with E-state index in [1.807, 2.05) is 0 Å². The van der Waals surface area contributed by atoms with E-state index in [9.17, 15) is 0 Å². The monoisotopic (exact) mass is 169 g/mol. The standard InChI is InChI=1S/C10H19NO/c11-6-9-2-1-3-10(9)12-7-8-4-5-8/h8-10H,1-7,11H2. The van der Waals surface area contributed by atoms with Crippen LogP contribution in [0.5, 0.6) is 0 Å². The molecule has 70 valence electrons. The lowest BCUT2D eigenvalue weighted by atomic mass is 10.1. The highest BCUT2D eigenvalue weighted by atomic mass is 16.5. The van der Waals surface area contributed by atoms with E-state index in [4.69, 9.17) is 10.5 Å². The van der Waals surface area contributed by atoms with Gasteiger partial charge in [0.25, 0.3) is 0 Å². The SMILES string of the molecule is NCC1CCCC1OCC1CC1. The fraction of sp³-hybridized carbons (Fsp3) is 1.00. The van der Waals surface area contributed by atoms with Crippen molar-refractivity contribution >= 4 is 0 Å². The van der Waals surface area contributed by atoms with E-state index in [1.165, 1.54) is 32.1 Å². The van der Waals surface area contributed by atoms with Gasteiger partial charge in [0, 0.05) is 6.61 Å². The van der Waals surface area contributed by atoms with Crippen molar-refractivity contribution in [1.82, 2.24) is 0 Å². The van der Waals surface area contributed by atoms with E-state index in [0.29, 0.717) is 12.0 Å². The van der Waals surface area contributed by atoms with Crippen LogP contribution in [0.4, 0.5) is 0 Å². The first kappa shape index (κ1) is 8.52. The quantitative estimate of drug-likeness (QED) is 0.693. The van der Waals surface area contributed by atoms with Gasteiger partial charge in [-0.05, 0) is 44.1 Å². The van der Waals surface area contributed by atoms with E-state index in [-0.39, 0.29) is 0 Å². The summed E-state index contributed by atoms with van der Waals surface area (Å²) in [7, 11) is 0. The molecule has 2 fully saturated rings. The van der Waals surface area contributed by atoms with Crippen molar-refractivity contribution < 1.29 is 4.74 Å². The van der Waals surface area contributed by atoms with Crippen LogP contribution in [0, 0.1) is 11.8 Å². The van der Waals surface area contributed by atoms with E-state index >= 15 is 0 Å². The Bertz CT molecular complexity index is 145. The Balaban J connectivity index is 1.69. The van der Waals surface area contributed by atoms with Crippen molar-refractivity contribution in [3.63, 3.8) is 0 Å². The van der Waals surface area contributed by atoms with Gasteiger partial charge in [0.2, 0.25) is 0 Å². The maximum absolute atomic E-state index is 5.85. The average Bonchev–Trinajstić information content (AvgIpc) is 2.81. The Labute approximate surface area is 74.5 Å². The van der Waals surface area contributed by atoms with Gasteiger partial charge in [-0.25, -0.2) is 0 Å². The van der Waals surface area contributed by atoms with Gasteiger partial charge in [-0.2, -0.15) is 0 Å². The highest BCUT2D eigenvalue weighted by molar-refractivity contribution is 4.80. The highest BCUT2D eigenvalue weighted by Crippen LogP contribution is 2.32. The Morgan fingerprint density at radius 3 is 2.67 bits per heavy atom. The minimum atomic E-state index is 0.496. The van der Waals surface area contributed by atoms with Gasteiger partial charge in [-0.1, -0.05) is 6.42 Å². The van der Waals surface area contributed by atoms with Crippen LogP contribution in [-0.2, 0) is 4.74 Å². The number of hydrogen-bond acceptors (Lipinski definition) is 2. The molecular formula is C10H19NO. The third-order valence-electron chi connectivity index (χ3n) is 3.14. The van der Waals surface area contributed by atoms with Crippen LogP contribution in [0.3, 0.4) is 0 Å². The molecule has 0 aromatic rings. The first-order valence-corrected chi connectivity index (χ1v) is 5.22. The minimum absolute atomic E-state index is 0.496. The normalized spacial score (nSPS) is 35.8. The summed E-state index contributed by atoms with van der Waals surface area (Å²) in [6.07, 6.45) is 7.12. The van der Waals surface area contributed by atoms with Gasteiger partial charge >= 0.3 is 0 Å². The van der Waals surface area contributed by atoms with Crippen molar-refractivity contribution in [2.24, 2.45) is 17.6 Å². The Morgan fingerprint density at radius 1 is 1.17 bits per heavy atom. The predicted octanol–water partition coefficient (Wildman–Crippen LogP) is 1.54. The molecule has 12 heavy (non-hydrogen) atoms. The summed E-state index contributed by atoms with van der Waals surface area (Å²) in [6.45, 7) is 1.82. The number of ether oxygens (including phenoxy) is 1. The average molecular weight is 169 g/mol. The molecule has 0 amide bonds. The lowest BCUT2D eigenvalue weighted by molar-refractivity contribution is 0.0237. The summed E-state index contributed by atoms with van der Waals surface area (Å²) >= 11 is 0. The molecule has 2 rings (SSSR count). The maximum atomic E-state index is 5.85. The molecule has 0 aromatic heterocycles. The highest BCUT2D eigenvalue weighted by Gasteiger charge is 2.29. The van der Waals surface area contributed by atoms with Crippen LogP contribution in [0.15, 0.2) is 0 Å². The molecular weight excluding hydrogens is 150 g/mol. The molecule has 2 nitrogen and oxygen atoms in total. The summed E-state index contributed by atoms with van der Waals surface area (Å²) in [6, 6.07) is 0. The lowest BCUT2D eigenvalue weighted by Gasteiger charge is -2.18. The summed E-state index contributed by atoms with van der Waals surface area (Å²) in [5.41, 5.74) is 5.67. The lowest BCUT2D eigenvalue weighted by Crippen LogP contribution is -2.25. The van der Waals surface area contributed by atoms with Crippen LogP contribution in [0.2, 0.25) is 0 Å². The Kier molecular flexibility index (Phi) is 2.66. The number of hydrogen-bond donors (Lipinski definition) is 1. The minimum Gasteiger partial charge on any atom is -0.378 e. The van der Waals surface area contributed by atoms with Gasteiger partial charge in [0.05, 0.1) is 6.10 Å². The maximum Gasteiger partial charge on any atom is 0.0615 e. The molecule has 0 saturated heterocycles. The molecule has 2 aliphatic carbocycles. The van der Waals surface area contributed by atoms with E-state index < -0.39 is 0 Å². The van der Waals surface area contributed by atoms with Crippen molar-refractivity contribution in [3.05, 3.63) is 0 Å². The van der Waals surface area contributed by atoms with Crippen molar-refractivity contribution in [2.75, 3.05) is 13.2 Å². The first-order valence-electron chi connectivity index (χ1n) is 5.22. The van der Waals surface area contributed by atoms with Crippen LogP contribution in [0.1, 0.15) is 32.1 Å². The van der Waals surface area contributed by atoms with Gasteiger partial charge in [0.15, 0.2) is 0 Å². The third-order valence-corrected chi connectivity index (χ3v) is 3.14. The molecule has 0 spiro atoms. The molecule has 2 heteroatoms. The van der Waals surface area contributed by atoms with Crippen LogP contribution in [0.25, 0.3) is 0 Å². The van der Waals surface area contributed by atoms with E-state index in [1.54, 1.807) is 0 Å². The molecule has 0 heterocycles. The summed E-state index contributed by atoms with van der Waals surface area (Å²) in [5, 5.41) is 0. The molecule has 2 saturated carbocycles. The molecule has 2 unspecified atom stereocenters. The molecule has 2 N–H and O–H groups in total. The van der Waals surface area contributed by atoms with Crippen LogP contribution >= 0.6 is 0 Å². The molecule has 0 aliphatic heterocycles. The third kappa shape index (κ3) is 1.99. The molecule has 0 aromatic carbocycles. The zero-order valence-electron chi connectivity index (χ0n) is 7.67. The molecule has 2 aliphatic rings. The summed E-state index contributed by atoms with van der Waals surface area (Å²) in [5.74, 6) is 1.55. The molecule has 0 radical (unpaired) electrons. The fourth-order valence-corrected chi connectivity index (χ4v) is 2.04. The van der Waals surface area contributed by atoms with Gasteiger partial charge < -0.3 is 10.5 Å². The second-order valence-corrected chi connectivity index (χ2v) is 4.24. The zero-order valence-corrected chi connectivity index (χ0v) is 7.67. The van der Waals surface area contributed by atoms with Gasteiger partial charge in [0.1, 0.15) is 0 Å². The summed E-state index contributed by atoms with van der Waals surface area (Å²) < 4.78 is 5.85. The zero-order chi connectivity index (χ0) is 8.39. The fourth-order valence-electron chi connectivity index (χ4n) is 2.04. The van der Waals surface area contributed by atoms with E-state index in [2.05, 4.69) is 0 Å². The second-order valence-electron chi connectivity index (χ2n) is 4.24. The second kappa shape index (κ2) is 3.75. The largest absolute Gasteiger partial charge is 0.378 e. The molecule has 2 atom stereocenters. The topological polar surface area (TPSA) is 35.2 Å². The van der Waals surface area contributed by atoms with Gasteiger partial charge in [-0.15, -0.1) is 0 Å². The smallest absolute Gasteiger partial charge is 0.0615 e. The van der Waals surface area contributed by atoms with E-state index in [0.717, 1.165) is 19.1 Å². The first-order chi connectivity index (χ1) is 5.90. The van der Waals surface area contributed by atoms with Crippen LogP contribution < -0.4 is 5.73 Å².